The topological polar surface area (TPSA) is 89.6 Å². The average Bonchev–Trinajstić information content (AvgIpc) is 2.74. The summed E-state index contributed by atoms with van der Waals surface area (Å²) in [5.41, 5.74) is 2.71. The molecule has 0 fully saturated rings. The van der Waals surface area contributed by atoms with E-state index in [9.17, 15) is 9.59 Å². The second kappa shape index (κ2) is 9.89. The molecule has 148 valence electrons. The number of aryl methyl sites for hydroxylation is 1. The van der Waals surface area contributed by atoms with E-state index in [1.807, 2.05) is 60.7 Å². The normalized spacial score (nSPS) is 10.1. The molecule has 2 amide bonds. The van der Waals surface area contributed by atoms with Crippen LogP contribution in [0.2, 0.25) is 0 Å². The summed E-state index contributed by atoms with van der Waals surface area (Å²) < 4.78 is 10.4. The Morgan fingerprint density at radius 1 is 0.759 bits per heavy atom. The van der Waals surface area contributed by atoms with Crippen molar-refractivity contribution < 1.29 is 19.1 Å². The van der Waals surface area contributed by atoms with Crippen LogP contribution >= 0.6 is 0 Å². The summed E-state index contributed by atoms with van der Waals surface area (Å²) in [5.74, 6) is 0.180. The fourth-order valence-electron chi connectivity index (χ4n) is 2.48. The van der Waals surface area contributed by atoms with E-state index >= 15 is 0 Å². The molecule has 7 heteroatoms. The SMILES string of the molecule is Cc1ccc(NC(=O)OCc2ccccc2)c(NC(=O)OCc2ccccc2)n1. The van der Waals surface area contributed by atoms with E-state index in [1.165, 1.54) is 0 Å². The minimum atomic E-state index is -0.673. The third-order valence-electron chi connectivity index (χ3n) is 3.92. The van der Waals surface area contributed by atoms with Gasteiger partial charge >= 0.3 is 12.2 Å². The lowest BCUT2D eigenvalue weighted by atomic mass is 10.2. The van der Waals surface area contributed by atoms with Gasteiger partial charge in [0.1, 0.15) is 13.2 Å². The zero-order valence-corrected chi connectivity index (χ0v) is 15.9. The Kier molecular flexibility index (Phi) is 6.78. The number of carbonyl (C=O) groups excluding carboxylic acids is 2. The van der Waals surface area contributed by atoms with Crippen molar-refractivity contribution in [2.24, 2.45) is 0 Å². The molecule has 0 unspecified atom stereocenters. The number of rotatable bonds is 6. The highest BCUT2D eigenvalue weighted by Gasteiger charge is 2.13. The van der Waals surface area contributed by atoms with Gasteiger partial charge < -0.3 is 9.47 Å². The van der Waals surface area contributed by atoms with Gasteiger partial charge in [-0.05, 0) is 30.2 Å². The molecule has 3 aromatic rings. The van der Waals surface area contributed by atoms with Gasteiger partial charge in [-0.25, -0.2) is 14.6 Å². The van der Waals surface area contributed by atoms with Crippen LogP contribution in [0.1, 0.15) is 16.8 Å². The van der Waals surface area contributed by atoms with Gasteiger partial charge in [-0.15, -0.1) is 0 Å². The zero-order chi connectivity index (χ0) is 20.5. The van der Waals surface area contributed by atoms with Crippen molar-refractivity contribution in [1.29, 1.82) is 0 Å². The lowest BCUT2D eigenvalue weighted by molar-refractivity contribution is 0.153. The molecule has 29 heavy (non-hydrogen) atoms. The molecule has 3 rings (SSSR count). The monoisotopic (exact) mass is 391 g/mol. The predicted octanol–water partition coefficient (Wildman–Crippen LogP) is 4.89. The number of amides is 2. The summed E-state index contributed by atoms with van der Waals surface area (Å²) in [6.07, 6.45) is -1.33. The molecule has 0 aliphatic heterocycles. The van der Waals surface area contributed by atoms with Crippen molar-refractivity contribution in [2.75, 3.05) is 10.6 Å². The molecule has 0 radical (unpaired) electrons. The molecule has 1 heterocycles. The fourth-order valence-corrected chi connectivity index (χ4v) is 2.48. The Hall–Kier alpha value is -3.87. The van der Waals surface area contributed by atoms with Gasteiger partial charge in [0.15, 0.2) is 5.82 Å². The summed E-state index contributed by atoms with van der Waals surface area (Å²) in [4.78, 5) is 28.5. The van der Waals surface area contributed by atoms with E-state index in [-0.39, 0.29) is 19.0 Å². The highest BCUT2D eigenvalue weighted by Crippen LogP contribution is 2.20. The second-order valence-electron chi connectivity index (χ2n) is 6.22. The van der Waals surface area contributed by atoms with Crippen LogP contribution < -0.4 is 10.6 Å². The Bertz CT molecular complexity index is 962. The Labute approximate surface area is 168 Å². The van der Waals surface area contributed by atoms with E-state index in [0.717, 1.165) is 11.1 Å². The summed E-state index contributed by atoms with van der Waals surface area (Å²) >= 11 is 0. The number of carbonyl (C=O) groups is 2. The first-order chi connectivity index (χ1) is 14.1. The molecule has 0 spiro atoms. The quantitative estimate of drug-likeness (QED) is 0.625. The van der Waals surface area contributed by atoms with Crippen molar-refractivity contribution in [3.8, 4) is 0 Å². The van der Waals surface area contributed by atoms with E-state index in [4.69, 9.17) is 9.47 Å². The number of benzene rings is 2. The van der Waals surface area contributed by atoms with Crippen molar-refractivity contribution in [2.45, 2.75) is 20.1 Å². The number of hydrogen-bond acceptors (Lipinski definition) is 5. The number of nitrogens with zero attached hydrogens (tertiary/aromatic N) is 1. The number of hydrogen-bond donors (Lipinski definition) is 2. The molecular weight excluding hydrogens is 370 g/mol. The summed E-state index contributed by atoms with van der Waals surface area (Å²) in [6.45, 7) is 2.03. The molecule has 2 N–H and O–H groups in total. The van der Waals surface area contributed by atoms with E-state index in [0.29, 0.717) is 11.4 Å². The van der Waals surface area contributed by atoms with Crippen LogP contribution in [0.15, 0.2) is 72.8 Å². The standard InChI is InChI=1S/C22H21N3O4/c1-16-12-13-19(24-21(26)28-14-17-8-4-2-5-9-17)20(23-16)25-22(27)29-15-18-10-6-3-7-11-18/h2-13H,14-15H2,1H3,(H,24,26)(H,23,25,27). The van der Waals surface area contributed by atoms with Gasteiger partial charge in [0.05, 0.1) is 5.69 Å². The maximum atomic E-state index is 12.1. The summed E-state index contributed by atoms with van der Waals surface area (Å²) in [6, 6.07) is 22.0. The molecule has 0 aliphatic carbocycles. The van der Waals surface area contributed by atoms with Crippen LogP contribution in [0.4, 0.5) is 21.1 Å². The number of pyridine rings is 1. The molecular formula is C22H21N3O4. The minimum Gasteiger partial charge on any atom is -0.444 e. The smallest absolute Gasteiger partial charge is 0.413 e. The Morgan fingerprint density at radius 3 is 1.83 bits per heavy atom. The highest BCUT2D eigenvalue weighted by atomic mass is 16.6. The molecule has 2 aromatic carbocycles. The maximum absolute atomic E-state index is 12.1. The first kappa shape index (κ1) is 19.9. The van der Waals surface area contributed by atoms with Crippen LogP contribution in [0.3, 0.4) is 0 Å². The third-order valence-corrected chi connectivity index (χ3v) is 3.92. The first-order valence-corrected chi connectivity index (χ1v) is 9.03. The number of ether oxygens (including phenoxy) is 2. The van der Waals surface area contributed by atoms with Gasteiger partial charge in [-0.3, -0.25) is 10.6 Å². The van der Waals surface area contributed by atoms with Crippen LogP contribution in [0.5, 0.6) is 0 Å². The molecule has 0 atom stereocenters. The van der Waals surface area contributed by atoms with Gasteiger partial charge in [-0.2, -0.15) is 0 Å². The largest absolute Gasteiger partial charge is 0.444 e. The van der Waals surface area contributed by atoms with Gasteiger partial charge in [0, 0.05) is 5.69 Å². The van der Waals surface area contributed by atoms with Crippen molar-refractivity contribution in [1.82, 2.24) is 4.98 Å². The molecule has 1 aromatic heterocycles. The van der Waals surface area contributed by atoms with Crippen molar-refractivity contribution >= 4 is 23.7 Å². The lowest BCUT2D eigenvalue weighted by Gasteiger charge is -2.13. The zero-order valence-electron chi connectivity index (χ0n) is 15.9. The van der Waals surface area contributed by atoms with Crippen LogP contribution in [0.25, 0.3) is 0 Å². The minimum absolute atomic E-state index is 0.125. The van der Waals surface area contributed by atoms with Gasteiger partial charge in [0.25, 0.3) is 0 Å². The van der Waals surface area contributed by atoms with E-state index < -0.39 is 12.2 Å². The third kappa shape index (κ3) is 6.35. The maximum Gasteiger partial charge on any atom is 0.413 e. The number of aromatic nitrogens is 1. The number of anilines is 2. The first-order valence-electron chi connectivity index (χ1n) is 9.03. The van der Waals surface area contributed by atoms with E-state index in [1.54, 1.807) is 19.1 Å². The fraction of sp³-hybridized carbons (Fsp3) is 0.136. The predicted molar refractivity (Wildman–Crippen MR) is 109 cm³/mol. The summed E-state index contributed by atoms with van der Waals surface area (Å²) in [7, 11) is 0. The molecule has 7 nitrogen and oxygen atoms in total. The highest BCUT2D eigenvalue weighted by molar-refractivity contribution is 5.93. The van der Waals surface area contributed by atoms with Crippen LogP contribution in [0, 0.1) is 6.92 Å². The Morgan fingerprint density at radius 2 is 1.28 bits per heavy atom. The molecule has 0 saturated carbocycles. The van der Waals surface area contributed by atoms with Gasteiger partial charge in [-0.1, -0.05) is 60.7 Å². The molecule has 0 aliphatic rings. The summed E-state index contributed by atoms with van der Waals surface area (Å²) in [5, 5.41) is 5.15. The lowest BCUT2D eigenvalue weighted by Crippen LogP contribution is -2.19. The Balaban J connectivity index is 1.58. The van der Waals surface area contributed by atoms with Crippen molar-refractivity contribution in [3.05, 3.63) is 89.6 Å². The second-order valence-corrected chi connectivity index (χ2v) is 6.22. The van der Waals surface area contributed by atoms with E-state index in [2.05, 4.69) is 15.6 Å². The van der Waals surface area contributed by atoms with Gasteiger partial charge in [0.2, 0.25) is 0 Å². The average molecular weight is 391 g/mol. The van der Waals surface area contributed by atoms with Crippen LogP contribution in [-0.4, -0.2) is 17.2 Å². The molecule has 0 saturated heterocycles. The van der Waals surface area contributed by atoms with Crippen LogP contribution in [-0.2, 0) is 22.7 Å². The van der Waals surface area contributed by atoms with Crippen molar-refractivity contribution in [3.63, 3.8) is 0 Å². The number of nitrogens with one attached hydrogen (secondary N) is 2. The molecule has 0 bridgehead atoms.